The summed E-state index contributed by atoms with van der Waals surface area (Å²) in [4.78, 5) is 30.5. The van der Waals surface area contributed by atoms with Crippen molar-refractivity contribution in [2.45, 2.75) is 6.42 Å². The predicted molar refractivity (Wildman–Crippen MR) is 65.7 cm³/mol. The Bertz CT molecular complexity index is 527. The van der Waals surface area contributed by atoms with E-state index < -0.39 is 5.91 Å². The molecule has 7 heteroatoms. The van der Waals surface area contributed by atoms with Crippen LogP contribution in [-0.2, 0) is 11.2 Å². The standard InChI is InChI=1S/C11H10N4O2S/c16-9(6-8-2-5-18-7-8)14-15-11(17)10-12-3-1-4-13-10/h1-5,7H,6H2,(H,14,16)(H,15,17). The second kappa shape index (κ2) is 5.87. The molecule has 2 amide bonds. The lowest BCUT2D eigenvalue weighted by atomic mass is 10.2. The number of hydrazine groups is 1. The van der Waals surface area contributed by atoms with E-state index in [1.807, 2.05) is 16.8 Å². The van der Waals surface area contributed by atoms with Gasteiger partial charge in [-0.25, -0.2) is 9.97 Å². The van der Waals surface area contributed by atoms with Gasteiger partial charge >= 0.3 is 5.91 Å². The van der Waals surface area contributed by atoms with Gasteiger partial charge in [0.2, 0.25) is 11.7 Å². The van der Waals surface area contributed by atoms with Gasteiger partial charge in [0.1, 0.15) is 0 Å². The normalized spacial score (nSPS) is 9.78. The van der Waals surface area contributed by atoms with E-state index in [1.165, 1.54) is 23.7 Å². The average molecular weight is 262 g/mol. The Balaban J connectivity index is 1.81. The molecule has 0 spiro atoms. The van der Waals surface area contributed by atoms with Crippen molar-refractivity contribution < 1.29 is 9.59 Å². The number of hydrogen-bond acceptors (Lipinski definition) is 5. The number of nitrogens with zero attached hydrogens (tertiary/aromatic N) is 2. The molecule has 0 radical (unpaired) electrons. The summed E-state index contributed by atoms with van der Waals surface area (Å²) in [5.41, 5.74) is 5.46. The molecule has 2 N–H and O–H groups in total. The lowest BCUT2D eigenvalue weighted by molar-refractivity contribution is -0.121. The largest absolute Gasteiger partial charge is 0.307 e. The summed E-state index contributed by atoms with van der Waals surface area (Å²) >= 11 is 1.52. The number of carbonyl (C=O) groups excluding carboxylic acids is 2. The van der Waals surface area contributed by atoms with Crippen LogP contribution in [0.4, 0.5) is 0 Å². The van der Waals surface area contributed by atoms with Gasteiger partial charge in [-0.05, 0) is 28.5 Å². The van der Waals surface area contributed by atoms with Crippen molar-refractivity contribution in [1.29, 1.82) is 0 Å². The SMILES string of the molecule is O=C(Cc1ccsc1)NNC(=O)c1ncccn1. The molecule has 92 valence electrons. The van der Waals surface area contributed by atoms with Crippen LogP contribution in [0.3, 0.4) is 0 Å². The highest BCUT2D eigenvalue weighted by Gasteiger charge is 2.09. The summed E-state index contributed by atoms with van der Waals surface area (Å²) in [5.74, 6) is -0.833. The maximum atomic E-state index is 11.5. The molecule has 18 heavy (non-hydrogen) atoms. The molecule has 0 atom stereocenters. The summed E-state index contributed by atoms with van der Waals surface area (Å²) in [6, 6.07) is 3.46. The monoisotopic (exact) mass is 262 g/mol. The Morgan fingerprint density at radius 2 is 2.00 bits per heavy atom. The minimum atomic E-state index is -0.547. The van der Waals surface area contributed by atoms with Crippen molar-refractivity contribution in [3.63, 3.8) is 0 Å². The third-order valence-corrected chi connectivity index (χ3v) is 2.76. The molecule has 0 bridgehead atoms. The number of rotatable bonds is 3. The zero-order chi connectivity index (χ0) is 12.8. The van der Waals surface area contributed by atoms with Gasteiger partial charge in [-0.2, -0.15) is 11.3 Å². The third-order valence-electron chi connectivity index (χ3n) is 2.03. The Morgan fingerprint density at radius 3 is 2.67 bits per heavy atom. The van der Waals surface area contributed by atoms with Gasteiger partial charge in [-0.3, -0.25) is 20.4 Å². The van der Waals surface area contributed by atoms with E-state index in [4.69, 9.17) is 0 Å². The van der Waals surface area contributed by atoms with Gasteiger partial charge in [0.05, 0.1) is 6.42 Å². The number of thiophene rings is 1. The average Bonchev–Trinajstić information content (AvgIpc) is 2.90. The molecule has 2 rings (SSSR count). The Labute approximate surface area is 107 Å². The number of hydrogen-bond donors (Lipinski definition) is 2. The van der Waals surface area contributed by atoms with Crippen LogP contribution in [0.1, 0.15) is 16.2 Å². The molecule has 0 aliphatic heterocycles. The summed E-state index contributed by atoms with van der Waals surface area (Å²) in [6.45, 7) is 0. The maximum absolute atomic E-state index is 11.5. The van der Waals surface area contributed by atoms with E-state index in [-0.39, 0.29) is 18.2 Å². The van der Waals surface area contributed by atoms with E-state index >= 15 is 0 Å². The van der Waals surface area contributed by atoms with Gasteiger partial charge in [0, 0.05) is 12.4 Å². The molecule has 0 saturated carbocycles. The van der Waals surface area contributed by atoms with Crippen LogP contribution in [0, 0.1) is 0 Å². The highest BCUT2D eigenvalue weighted by atomic mass is 32.1. The van der Waals surface area contributed by atoms with E-state index in [2.05, 4.69) is 20.8 Å². The first-order valence-corrected chi connectivity index (χ1v) is 6.07. The second-order valence-electron chi connectivity index (χ2n) is 3.38. The van der Waals surface area contributed by atoms with Crippen LogP contribution in [0.2, 0.25) is 0 Å². The highest BCUT2D eigenvalue weighted by molar-refractivity contribution is 7.07. The number of nitrogens with one attached hydrogen (secondary N) is 2. The molecule has 6 nitrogen and oxygen atoms in total. The number of carbonyl (C=O) groups is 2. The van der Waals surface area contributed by atoms with Gasteiger partial charge in [-0.1, -0.05) is 0 Å². The third kappa shape index (κ3) is 3.36. The predicted octanol–water partition coefficient (Wildman–Crippen LogP) is 0.542. The van der Waals surface area contributed by atoms with Crippen molar-refractivity contribution >= 4 is 23.2 Å². The Hall–Kier alpha value is -2.28. The summed E-state index contributed by atoms with van der Waals surface area (Å²) < 4.78 is 0. The van der Waals surface area contributed by atoms with Gasteiger partial charge < -0.3 is 0 Å². The highest BCUT2D eigenvalue weighted by Crippen LogP contribution is 2.05. The van der Waals surface area contributed by atoms with E-state index in [0.717, 1.165) is 5.56 Å². The fourth-order valence-corrected chi connectivity index (χ4v) is 1.89. The molecule has 0 unspecified atom stereocenters. The topological polar surface area (TPSA) is 84.0 Å². The number of amides is 2. The van der Waals surface area contributed by atoms with E-state index in [0.29, 0.717) is 0 Å². The van der Waals surface area contributed by atoms with Crippen molar-refractivity contribution in [1.82, 2.24) is 20.8 Å². The lowest BCUT2D eigenvalue weighted by Crippen LogP contribution is -2.42. The van der Waals surface area contributed by atoms with Crippen LogP contribution < -0.4 is 10.9 Å². The van der Waals surface area contributed by atoms with Crippen LogP contribution in [0.25, 0.3) is 0 Å². The summed E-state index contributed by atoms with van der Waals surface area (Å²) in [5, 5.41) is 3.76. The van der Waals surface area contributed by atoms with Gasteiger partial charge in [-0.15, -0.1) is 0 Å². The van der Waals surface area contributed by atoms with Crippen molar-refractivity contribution in [3.8, 4) is 0 Å². The van der Waals surface area contributed by atoms with Crippen molar-refractivity contribution in [2.75, 3.05) is 0 Å². The molecule has 0 aliphatic carbocycles. The molecule has 0 saturated heterocycles. The van der Waals surface area contributed by atoms with Crippen LogP contribution in [0.15, 0.2) is 35.3 Å². The van der Waals surface area contributed by atoms with Crippen LogP contribution in [0.5, 0.6) is 0 Å². The minimum absolute atomic E-state index is 0.00772. The van der Waals surface area contributed by atoms with Crippen LogP contribution >= 0.6 is 11.3 Å². The molecule has 2 aromatic heterocycles. The fourth-order valence-electron chi connectivity index (χ4n) is 1.22. The maximum Gasteiger partial charge on any atom is 0.307 e. The second-order valence-corrected chi connectivity index (χ2v) is 4.16. The van der Waals surface area contributed by atoms with Crippen molar-refractivity contribution in [2.24, 2.45) is 0 Å². The smallest absolute Gasteiger partial charge is 0.273 e. The first kappa shape index (κ1) is 12.2. The zero-order valence-corrected chi connectivity index (χ0v) is 10.1. The first-order chi connectivity index (χ1) is 8.75. The Morgan fingerprint density at radius 1 is 1.22 bits per heavy atom. The minimum Gasteiger partial charge on any atom is -0.273 e. The molecular formula is C11H10N4O2S. The van der Waals surface area contributed by atoms with E-state index in [1.54, 1.807) is 6.07 Å². The molecule has 0 aromatic carbocycles. The quantitative estimate of drug-likeness (QED) is 0.791. The van der Waals surface area contributed by atoms with Crippen molar-refractivity contribution in [3.05, 3.63) is 46.7 Å². The summed E-state index contributed by atoms with van der Waals surface area (Å²) in [6.07, 6.45) is 3.13. The molecule has 2 aromatic rings. The molecule has 2 heterocycles. The fraction of sp³-hybridized carbons (Fsp3) is 0.0909. The number of aromatic nitrogens is 2. The lowest BCUT2D eigenvalue weighted by Gasteiger charge is -2.05. The molecule has 0 fully saturated rings. The first-order valence-electron chi connectivity index (χ1n) is 5.13. The van der Waals surface area contributed by atoms with Crippen LogP contribution in [-0.4, -0.2) is 21.8 Å². The summed E-state index contributed by atoms with van der Waals surface area (Å²) in [7, 11) is 0. The zero-order valence-electron chi connectivity index (χ0n) is 9.29. The molecule has 0 aliphatic rings. The Kier molecular flexibility index (Phi) is 3.98. The van der Waals surface area contributed by atoms with E-state index in [9.17, 15) is 9.59 Å². The van der Waals surface area contributed by atoms with Gasteiger partial charge in [0.15, 0.2) is 0 Å². The van der Waals surface area contributed by atoms with Gasteiger partial charge in [0.25, 0.3) is 0 Å². The molecular weight excluding hydrogens is 252 g/mol.